The van der Waals surface area contributed by atoms with E-state index in [-0.39, 0.29) is 35.6 Å². The van der Waals surface area contributed by atoms with Gasteiger partial charge in [0.15, 0.2) is 0 Å². The predicted octanol–water partition coefficient (Wildman–Crippen LogP) is 8.67. The Bertz CT molecular complexity index is 2280. The predicted molar refractivity (Wildman–Crippen MR) is 239 cm³/mol. The van der Waals surface area contributed by atoms with Gasteiger partial charge in [0.05, 0.1) is 0 Å². The minimum Gasteiger partial charge on any atom is -1.00 e. The summed E-state index contributed by atoms with van der Waals surface area (Å²) in [4.78, 5) is 0. The summed E-state index contributed by atoms with van der Waals surface area (Å²) < 4.78 is 1.47. The van der Waals surface area contributed by atoms with E-state index < -0.39 is 0 Å². The number of benzene rings is 6. The van der Waals surface area contributed by atoms with Crippen LogP contribution in [0.4, 0.5) is 0 Å². The first-order valence-corrected chi connectivity index (χ1v) is 21.2. The molecule has 0 unspecified atom stereocenters. The van der Waals surface area contributed by atoms with Crippen molar-refractivity contribution in [2.24, 2.45) is 0 Å². The Hall–Kier alpha value is -3.71. The van der Waals surface area contributed by atoms with Gasteiger partial charge in [0, 0.05) is 0 Å². The quantitative estimate of drug-likeness (QED) is 0.152. The summed E-state index contributed by atoms with van der Waals surface area (Å²) in [6, 6.07) is 57.5. The molecule has 0 nitrogen and oxygen atoms in total. The van der Waals surface area contributed by atoms with Crippen LogP contribution in [0.2, 0.25) is 5.02 Å². The number of rotatable bonds is 5. The van der Waals surface area contributed by atoms with Gasteiger partial charge in [-0.3, -0.25) is 0 Å². The normalized spacial score (nSPS) is 11.4. The topological polar surface area (TPSA) is 0 Å². The number of aryl methyl sites for hydroxylation is 2. The average molecular weight is 900 g/mol. The van der Waals surface area contributed by atoms with Crippen LogP contribution in [0.1, 0.15) is 86.1 Å². The van der Waals surface area contributed by atoms with Crippen molar-refractivity contribution >= 4 is 14.8 Å². The van der Waals surface area contributed by atoms with Crippen molar-refractivity contribution in [2.45, 2.75) is 79.1 Å². The Morgan fingerprint density at radius 2 is 1.14 bits per heavy atom. The molecule has 7 aromatic rings. The van der Waals surface area contributed by atoms with Gasteiger partial charge in [-0.2, -0.15) is 18.2 Å². The molecular formula is C54H53Cl3Zr-2. The van der Waals surface area contributed by atoms with Gasteiger partial charge in [0.2, 0.25) is 0 Å². The summed E-state index contributed by atoms with van der Waals surface area (Å²) >= 11 is 7.34. The first-order chi connectivity index (χ1) is 26.7. The van der Waals surface area contributed by atoms with Gasteiger partial charge in [-0.15, -0.1) is 28.8 Å². The van der Waals surface area contributed by atoms with Gasteiger partial charge in [-0.05, 0) is 58.9 Å². The summed E-state index contributed by atoms with van der Waals surface area (Å²) in [5.41, 5.74) is 18.9. The van der Waals surface area contributed by atoms with E-state index in [2.05, 4.69) is 171 Å². The van der Waals surface area contributed by atoms with Gasteiger partial charge in [-0.1, -0.05) is 124 Å². The van der Waals surface area contributed by atoms with Gasteiger partial charge in [0.1, 0.15) is 0 Å². The first-order valence-electron chi connectivity index (χ1n) is 19.6. The van der Waals surface area contributed by atoms with Crippen LogP contribution in [-0.4, -0.2) is 3.21 Å². The molecule has 0 fully saturated rings. The van der Waals surface area contributed by atoms with E-state index >= 15 is 0 Å². The molecule has 0 spiro atoms. The fourth-order valence-corrected chi connectivity index (χ4v) is 8.48. The standard InChI is InChI=1S/C35H37.C14H11Cl.C5H5.2ClH.Zr/c1-22-13-9-11-15-26(22)30-18-24-17-25-19-31(27-16-12-10-14-23(27)2)33(35(6,7)8)21-29(25)28(24)20-32(30)34(3,4)5;15-14-10-8-13(9-11-14)7-6-12-4-2-1-3-5-12;1-2-4-5-3-1;;;/h9-16,18,20-21H,17H2,1-8H3;1-5,8-11H,7H2;1-5H;2*1H;/q-1;;-1;;;+2/p-2. The van der Waals surface area contributed by atoms with Gasteiger partial charge in [-0.25, -0.2) is 12.1 Å². The molecule has 0 saturated carbocycles. The van der Waals surface area contributed by atoms with E-state index in [4.69, 9.17) is 11.6 Å². The molecule has 296 valence electrons. The molecule has 0 saturated heterocycles. The van der Waals surface area contributed by atoms with E-state index in [0.29, 0.717) is 0 Å². The van der Waals surface area contributed by atoms with Gasteiger partial charge >= 0.3 is 116 Å². The second-order valence-corrected chi connectivity index (χ2v) is 18.8. The van der Waals surface area contributed by atoms with Crippen LogP contribution < -0.4 is 24.8 Å². The van der Waals surface area contributed by atoms with E-state index in [1.54, 1.807) is 0 Å². The third-order valence-corrected chi connectivity index (χ3v) is 11.9. The zero-order chi connectivity index (χ0) is 40.0. The van der Waals surface area contributed by atoms with Crippen LogP contribution in [0.15, 0.2) is 152 Å². The Labute approximate surface area is 380 Å². The van der Waals surface area contributed by atoms with Crippen LogP contribution in [-0.2, 0) is 47.9 Å². The van der Waals surface area contributed by atoms with Crippen LogP contribution in [0, 0.1) is 19.9 Å². The van der Waals surface area contributed by atoms with Gasteiger partial charge < -0.3 is 24.8 Å². The molecule has 0 aliphatic heterocycles. The zero-order valence-corrected chi connectivity index (χ0v) is 39.7. The zero-order valence-electron chi connectivity index (χ0n) is 35.0. The summed E-state index contributed by atoms with van der Waals surface area (Å²) in [7, 11) is 0. The minimum absolute atomic E-state index is 0. The number of fused-ring (bicyclic) bond motifs is 3. The molecule has 0 heterocycles. The molecule has 0 bridgehead atoms. The molecule has 0 N–H and O–H groups in total. The average Bonchev–Trinajstić information content (AvgIpc) is 3.87. The van der Waals surface area contributed by atoms with Crippen LogP contribution in [0.3, 0.4) is 0 Å². The maximum atomic E-state index is 5.86. The van der Waals surface area contributed by atoms with Crippen molar-refractivity contribution < 1.29 is 49.0 Å². The van der Waals surface area contributed by atoms with Crippen molar-refractivity contribution in [3.05, 3.63) is 207 Å². The van der Waals surface area contributed by atoms with E-state index in [1.807, 2.05) is 42.5 Å². The molecule has 0 radical (unpaired) electrons. The van der Waals surface area contributed by atoms with Crippen molar-refractivity contribution in [3.63, 3.8) is 0 Å². The molecule has 8 rings (SSSR count). The summed E-state index contributed by atoms with van der Waals surface area (Å²) in [6.45, 7) is 18.4. The molecular weight excluding hydrogens is 846 g/mol. The number of halogens is 3. The van der Waals surface area contributed by atoms with Crippen LogP contribution in [0.25, 0.3) is 33.4 Å². The SMILES string of the molecule is Cc1ccccc1-c1[c-]c2c(cc1C(C)(C)C)-c1cc(C(C)(C)C)c(-c3ccccc3C)cc1C2.Clc1ccc(C[C](=[Zr+2])c2ccccc2)cc1.[Cl-].[Cl-].c1cc[cH-]c1. The van der Waals surface area contributed by atoms with E-state index in [0.717, 1.165) is 17.9 Å². The van der Waals surface area contributed by atoms with Crippen LogP contribution >= 0.6 is 11.6 Å². The van der Waals surface area contributed by atoms with Crippen LogP contribution in [0.5, 0.6) is 0 Å². The van der Waals surface area contributed by atoms with Crippen molar-refractivity contribution in [2.75, 3.05) is 0 Å². The maximum absolute atomic E-state index is 5.86. The molecule has 58 heavy (non-hydrogen) atoms. The minimum atomic E-state index is 0. The smallest absolute Gasteiger partial charge is 0.172 e. The van der Waals surface area contributed by atoms with Crippen molar-refractivity contribution in [3.8, 4) is 33.4 Å². The molecule has 0 aromatic heterocycles. The van der Waals surface area contributed by atoms with Crippen molar-refractivity contribution in [1.82, 2.24) is 0 Å². The maximum Gasteiger partial charge on any atom is -0.172 e. The molecule has 0 atom stereocenters. The summed E-state index contributed by atoms with van der Waals surface area (Å²) in [6.07, 6.45) is 1.96. The first kappa shape index (κ1) is 47.0. The Kier molecular flexibility index (Phi) is 16.6. The molecule has 4 heteroatoms. The Morgan fingerprint density at radius 3 is 1.67 bits per heavy atom. The molecule has 1 aliphatic carbocycles. The summed E-state index contributed by atoms with van der Waals surface area (Å²) in [5, 5.41) is 0.800. The largest absolute Gasteiger partial charge is 1.00 e. The third-order valence-electron chi connectivity index (χ3n) is 10.5. The van der Waals surface area contributed by atoms with E-state index in [1.165, 1.54) is 105 Å². The summed E-state index contributed by atoms with van der Waals surface area (Å²) in [5.74, 6) is 0. The molecule has 0 amide bonds. The fraction of sp³-hybridized carbons (Fsp3) is 0.222. The monoisotopic (exact) mass is 896 g/mol. The van der Waals surface area contributed by atoms with Crippen molar-refractivity contribution in [1.29, 1.82) is 0 Å². The number of hydrogen-bond donors (Lipinski definition) is 0. The second-order valence-electron chi connectivity index (χ2n) is 16.9. The Balaban J connectivity index is 0.000000268. The van der Waals surface area contributed by atoms with E-state index in [9.17, 15) is 0 Å². The number of hydrogen-bond acceptors (Lipinski definition) is 0. The second kappa shape index (κ2) is 20.5. The Morgan fingerprint density at radius 1 is 0.603 bits per heavy atom. The third kappa shape index (κ3) is 11.5. The van der Waals surface area contributed by atoms with Gasteiger partial charge in [0.25, 0.3) is 0 Å². The molecule has 7 aromatic carbocycles. The molecule has 1 aliphatic rings. The fourth-order valence-electron chi connectivity index (χ4n) is 7.45.